The van der Waals surface area contributed by atoms with E-state index < -0.39 is 12.0 Å². The number of esters is 1. The van der Waals surface area contributed by atoms with Gasteiger partial charge in [-0.3, -0.25) is 9.36 Å². The third kappa shape index (κ3) is 4.25. The normalized spacial score (nSPS) is 15.7. The molecule has 6 nitrogen and oxygen atoms in total. The highest BCUT2D eigenvalue weighted by molar-refractivity contribution is 9.11. The Bertz CT molecular complexity index is 1750. The lowest BCUT2D eigenvalue weighted by Crippen LogP contribution is -2.40. The number of hydrogen-bond donors (Lipinski definition) is 1. The Morgan fingerprint density at radius 2 is 1.94 bits per heavy atom. The van der Waals surface area contributed by atoms with Gasteiger partial charge in [0.25, 0.3) is 5.56 Å². The maximum Gasteiger partial charge on any atom is 0.338 e. The first-order valence-corrected chi connectivity index (χ1v) is 13.6. The van der Waals surface area contributed by atoms with Gasteiger partial charge in [0, 0.05) is 10.0 Å². The van der Waals surface area contributed by atoms with Crippen LogP contribution in [0.1, 0.15) is 31.0 Å². The number of thiazole rings is 1. The highest BCUT2D eigenvalue weighted by Crippen LogP contribution is 2.35. The summed E-state index contributed by atoms with van der Waals surface area (Å²) in [5.41, 5.74) is 1.82. The number of benzene rings is 3. The van der Waals surface area contributed by atoms with Crippen LogP contribution in [0, 0.1) is 0 Å². The number of halogens is 2. The van der Waals surface area contributed by atoms with Crippen molar-refractivity contribution in [3.63, 3.8) is 0 Å². The molecule has 0 saturated carbocycles. The summed E-state index contributed by atoms with van der Waals surface area (Å²) in [6, 6.07) is 16.5. The molecule has 1 atom stereocenters. The van der Waals surface area contributed by atoms with Crippen LogP contribution in [0.4, 0.5) is 0 Å². The molecule has 0 bridgehead atoms. The topological polar surface area (TPSA) is 80.9 Å². The van der Waals surface area contributed by atoms with Crippen molar-refractivity contribution in [3.05, 3.63) is 106 Å². The fourth-order valence-corrected chi connectivity index (χ4v) is 6.71. The second-order valence-corrected chi connectivity index (χ2v) is 11.0. The van der Waals surface area contributed by atoms with Crippen LogP contribution in [0.15, 0.2) is 84.6 Å². The molecule has 0 unspecified atom stereocenters. The van der Waals surface area contributed by atoms with Gasteiger partial charge in [0.2, 0.25) is 0 Å². The first-order chi connectivity index (χ1) is 17.3. The van der Waals surface area contributed by atoms with Crippen molar-refractivity contribution in [1.29, 1.82) is 0 Å². The Morgan fingerprint density at radius 1 is 1.19 bits per heavy atom. The van der Waals surface area contributed by atoms with Gasteiger partial charge in [-0.2, -0.15) is 0 Å². The molecule has 1 aliphatic rings. The van der Waals surface area contributed by atoms with Crippen molar-refractivity contribution < 1.29 is 14.6 Å². The molecule has 4 aromatic rings. The predicted molar refractivity (Wildman–Crippen MR) is 148 cm³/mol. The molecular weight excluding hydrogens is 608 g/mol. The van der Waals surface area contributed by atoms with Gasteiger partial charge in [-0.25, -0.2) is 9.79 Å². The number of rotatable bonds is 4. The fraction of sp³-hybridized carbons (Fsp3) is 0.148. The lowest BCUT2D eigenvalue weighted by molar-refractivity contribution is -0.139. The van der Waals surface area contributed by atoms with E-state index in [0.717, 1.165) is 20.8 Å². The van der Waals surface area contributed by atoms with E-state index in [-0.39, 0.29) is 17.9 Å². The number of aromatic hydroxyl groups is 1. The summed E-state index contributed by atoms with van der Waals surface area (Å²) in [5.74, 6) is -0.474. The Labute approximate surface area is 227 Å². The van der Waals surface area contributed by atoms with E-state index in [1.54, 1.807) is 36.6 Å². The number of carbonyl (C=O) groups excluding carboxylic acids is 1. The van der Waals surface area contributed by atoms with Gasteiger partial charge in [-0.15, -0.1) is 0 Å². The molecule has 0 amide bonds. The van der Waals surface area contributed by atoms with Gasteiger partial charge in [-0.1, -0.05) is 69.7 Å². The number of phenolic OH excluding ortho intramolecular Hbond substituents is 1. The van der Waals surface area contributed by atoms with E-state index in [4.69, 9.17) is 4.74 Å². The Hall–Kier alpha value is -3.01. The predicted octanol–water partition coefficient (Wildman–Crippen LogP) is 5.18. The van der Waals surface area contributed by atoms with Crippen LogP contribution in [-0.4, -0.2) is 22.2 Å². The molecule has 0 spiro atoms. The van der Waals surface area contributed by atoms with E-state index >= 15 is 0 Å². The molecule has 2 heterocycles. The second kappa shape index (κ2) is 9.80. The third-order valence-corrected chi connectivity index (χ3v) is 8.02. The zero-order chi connectivity index (χ0) is 25.6. The van der Waals surface area contributed by atoms with Crippen LogP contribution in [0.5, 0.6) is 5.75 Å². The molecule has 0 radical (unpaired) electrons. The number of fused-ring (bicyclic) bond motifs is 2. The zero-order valence-corrected chi connectivity index (χ0v) is 23.3. The summed E-state index contributed by atoms with van der Waals surface area (Å²) in [7, 11) is 0. The lowest BCUT2D eigenvalue weighted by atomic mass is 9.91. The molecule has 182 valence electrons. The monoisotopic (exact) mass is 626 g/mol. The lowest BCUT2D eigenvalue weighted by Gasteiger charge is -2.25. The Morgan fingerprint density at radius 3 is 2.72 bits per heavy atom. The van der Waals surface area contributed by atoms with Gasteiger partial charge in [0.15, 0.2) is 4.80 Å². The third-order valence-electron chi connectivity index (χ3n) is 5.98. The van der Waals surface area contributed by atoms with Gasteiger partial charge in [0.05, 0.1) is 32.9 Å². The molecule has 0 fully saturated rings. The summed E-state index contributed by atoms with van der Waals surface area (Å²) in [6.07, 6.45) is 1.64. The van der Waals surface area contributed by atoms with Gasteiger partial charge in [0.1, 0.15) is 5.75 Å². The molecule has 0 saturated heterocycles. The van der Waals surface area contributed by atoms with E-state index in [0.29, 0.717) is 30.6 Å². The summed E-state index contributed by atoms with van der Waals surface area (Å²) < 4.78 is 8.59. The van der Waals surface area contributed by atoms with Gasteiger partial charge < -0.3 is 9.84 Å². The maximum atomic E-state index is 13.9. The molecule has 36 heavy (non-hydrogen) atoms. The summed E-state index contributed by atoms with van der Waals surface area (Å²) >= 11 is 7.98. The SMILES string of the molecule is CCOC(=O)C1=C(C)N=c2s/c(=C/c3cc(Br)cc(Br)c3O)c(=O)n2[C@@H]1c1cccc2ccccc12. The highest BCUT2D eigenvalue weighted by atomic mass is 79.9. The van der Waals surface area contributed by atoms with Crippen LogP contribution in [0.3, 0.4) is 0 Å². The number of carbonyl (C=O) groups is 1. The van der Waals surface area contributed by atoms with E-state index in [1.807, 2.05) is 42.5 Å². The minimum Gasteiger partial charge on any atom is -0.506 e. The van der Waals surface area contributed by atoms with Crippen molar-refractivity contribution in [2.24, 2.45) is 4.99 Å². The molecular formula is C27H20Br2N2O4S. The Kier molecular flexibility index (Phi) is 6.72. The largest absolute Gasteiger partial charge is 0.506 e. The number of allylic oxidation sites excluding steroid dienone is 1. The van der Waals surface area contributed by atoms with Gasteiger partial charge >= 0.3 is 5.97 Å². The van der Waals surface area contributed by atoms with E-state index in [1.165, 1.54) is 11.3 Å². The first kappa shape index (κ1) is 24.7. The zero-order valence-electron chi connectivity index (χ0n) is 19.3. The van der Waals surface area contributed by atoms with Gasteiger partial charge in [-0.05, 0) is 64.3 Å². The maximum absolute atomic E-state index is 13.9. The number of phenols is 1. The van der Waals surface area contributed by atoms with Crippen LogP contribution in [0.25, 0.3) is 16.8 Å². The smallest absolute Gasteiger partial charge is 0.338 e. The molecule has 1 aliphatic heterocycles. The summed E-state index contributed by atoms with van der Waals surface area (Å²) in [4.78, 5) is 32.1. The van der Waals surface area contributed by atoms with Crippen molar-refractivity contribution in [2.75, 3.05) is 6.61 Å². The molecule has 0 aliphatic carbocycles. The summed E-state index contributed by atoms with van der Waals surface area (Å²) in [6.45, 7) is 3.72. The van der Waals surface area contributed by atoms with Crippen LogP contribution < -0.4 is 14.9 Å². The molecule has 3 aromatic carbocycles. The number of aromatic nitrogens is 1. The number of ether oxygens (including phenoxy) is 1. The second-order valence-electron chi connectivity index (χ2n) is 8.20. The first-order valence-electron chi connectivity index (χ1n) is 11.2. The molecule has 5 rings (SSSR count). The Balaban J connectivity index is 1.82. The number of nitrogens with zero attached hydrogens (tertiary/aromatic N) is 2. The standard InChI is InChI=1S/C27H20Br2N2O4S/c1-3-35-26(34)22-14(2)30-27-31(23(22)19-10-6-8-15-7-4-5-9-18(15)19)25(33)21(36-27)12-16-11-17(28)13-20(29)24(16)32/h4-13,23,32H,3H2,1-2H3/b21-12+/t23-/m1/s1. The van der Waals surface area contributed by atoms with Crippen LogP contribution in [0.2, 0.25) is 0 Å². The van der Waals surface area contributed by atoms with E-state index in [2.05, 4.69) is 36.9 Å². The summed E-state index contributed by atoms with van der Waals surface area (Å²) in [5, 5.41) is 12.5. The van der Waals surface area contributed by atoms with E-state index in [9.17, 15) is 14.7 Å². The molecule has 1 N–H and O–H groups in total. The fourth-order valence-electron chi connectivity index (χ4n) is 4.41. The molecule has 1 aromatic heterocycles. The van der Waals surface area contributed by atoms with Crippen LogP contribution >= 0.6 is 43.2 Å². The quantitative estimate of drug-likeness (QED) is 0.316. The number of hydrogen-bond acceptors (Lipinski definition) is 6. The highest BCUT2D eigenvalue weighted by Gasteiger charge is 2.34. The minimum atomic E-state index is -0.712. The minimum absolute atomic E-state index is 0.0260. The average molecular weight is 628 g/mol. The molecule has 9 heteroatoms. The van der Waals surface area contributed by atoms with Crippen molar-refractivity contribution >= 4 is 66.0 Å². The van der Waals surface area contributed by atoms with Crippen molar-refractivity contribution in [3.8, 4) is 5.75 Å². The van der Waals surface area contributed by atoms with Crippen molar-refractivity contribution in [1.82, 2.24) is 4.57 Å². The average Bonchev–Trinajstić information content (AvgIpc) is 3.15. The van der Waals surface area contributed by atoms with Crippen LogP contribution in [-0.2, 0) is 9.53 Å². The van der Waals surface area contributed by atoms with Crippen molar-refractivity contribution in [2.45, 2.75) is 19.9 Å².